The van der Waals surface area contributed by atoms with E-state index in [1.54, 1.807) is 6.07 Å². The minimum Gasteiger partial charge on any atom is -0.323 e. The zero-order chi connectivity index (χ0) is 15.5. The Labute approximate surface area is 124 Å². The van der Waals surface area contributed by atoms with Gasteiger partial charge in [-0.05, 0) is 43.5 Å². The van der Waals surface area contributed by atoms with Crippen LogP contribution in [-0.4, -0.2) is 24.5 Å². The van der Waals surface area contributed by atoms with Crippen LogP contribution in [0.25, 0.3) is 0 Å². The van der Waals surface area contributed by atoms with E-state index < -0.39 is 17.8 Å². The van der Waals surface area contributed by atoms with Crippen molar-refractivity contribution in [2.45, 2.75) is 38.4 Å². The fraction of sp³-hybridized carbons (Fsp3) is 0.625. The number of rotatable bonds is 4. The molecule has 5 heteroatoms. The van der Waals surface area contributed by atoms with Crippen molar-refractivity contribution in [3.8, 4) is 0 Å². The molecule has 1 aliphatic rings. The summed E-state index contributed by atoms with van der Waals surface area (Å²) in [5.74, 6) is 0.750. The summed E-state index contributed by atoms with van der Waals surface area (Å²) in [5.41, 5.74) is 5.64. The van der Waals surface area contributed by atoms with Crippen molar-refractivity contribution < 1.29 is 13.2 Å². The second kappa shape index (κ2) is 6.79. The summed E-state index contributed by atoms with van der Waals surface area (Å²) in [6.45, 7) is 4.54. The Kier molecular flexibility index (Phi) is 5.27. The van der Waals surface area contributed by atoms with Gasteiger partial charge in [0.15, 0.2) is 0 Å². The summed E-state index contributed by atoms with van der Waals surface area (Å²) < 4.78 is 39.0. The first kappa shape index (κ1) is 16.3. The standard InChI is InChI=1S/C16H23F3N2/c1-2-12-7-9-21(10-8-12)11-15(20)13-5-3-4-6-14(13)16(17,18)19/h3-6,12,15H,2,7-11,20H2,1H3. The van der Waals surface area contributed by atoms with Crippen LogP contribution in [0.2, 0.25) is 0 Å². The molecule has 1 saturated heterocycles. The number of benzene rings is 1. The lowest BCUT2D eigenvalue weighted by Crippen LogP contribution is -2.38. The Bertz CT molecular complexity index is 451. The quantitative estimate of drug-likeness (QED) is 0.915. The molecular weight excluding hydrogens is 277 g/mol. The number of hydrogen-bond donors (Lipinski definition) is 1. The van der Waals surface area contributed by atoms with Crippen LogP contribution in [0.4, 0.5) is 13.2 Å². The molecule has 0 radical (unpaired) electrons. The number of piperidine rings is 1. The molecule has 0 aromatic heterocycles. The molecule has 21 heavy (non-hydrogen) atoms. The van der Waals surface area contributed by atoms with Gasteiger partial charge in [-0.15, -0.1) is 0 Å². The second-order valence-corrected chi connectivity index (χ2v) is 5.84. The highest BCUT2D eigenvalue weighted by Crippen LogP contribution is 2.34. The van der Waals surface area contributed by atoms with E-state index in [-0.39, 0.29) is 5.56 Å². The van der Waals surface area contributed by atoms with Crippen LogP contribution < -0.4 is 5.73 Å². The van der Waals surface area contributed by atoms with Crippen LogP contribution in [-0.2, 0) is 6.18 Å². The smallest absolute Gasteiger partial charge is 0.323 e. The van der Waals surface area contributed by atoms with Gasteiger partial charge in [0.2, 0.25) is 0 Å². The number of nitrogens with zero attached hydrogens (tertiary/aromatic N) is 1. The first-order chi connectivity index (χ1) is 9.91. The largest absolute Gasteiger partial charge is 0.416 e. The number of likely N-dealkylation sites (tertiary alicyclic amines) is 1. The zero-order valence-corrected chi connectivity index (χ0v) is 12.4. The topological polar surface area (TPSA) is 29.3 Å². The normalized spacial score (nSPS) is 19.7. The highest BCUT2D eigenvalue weighted by Gasteiger charge is 2.34. The number of halogens is 3. The molecule has 1 aliphatic heterocycles. The molecule has 0 bridgehead atoms. The van der Waals surface area contributed by atoms with Crippen LogP contribution in [0, 0.1) is 5.92 Å². The van der Waals surface area contributed by atoms with Crippen LogP contribution in [0.1, 0.15) is 43.4 Å². The molecule has 0 amide bonds. The van der Waals surface area contributed by atoms with Crippen molar-refractivity contribution in [2.24, 2.45) is 11.7 Å². The Morgan fingerprint density at radius 2 is 1.86 bits per heavy atom. The lowest BCUT2D eigenvalue weighted by atomic mass is 9.93. The maximum atomic E-state index is 13.0. The molecule has 0 saturated carbocycles. The average molecular weight is 300 g/mol. The molecule has 118 valence electrons. The predicted octanol–water partition coefficient (Wildman–Crippen LogP) is 3.83. The molecule has 2 N–H and O–H groups in total. The van der Waals surface area contributed by atoms with Gasteiger partial charge in [-0.1, -0.05) is 31.5 Å². The van der Waals surface area contributed by atoms with E-state index in [1.165, 1.54) is 18.6 Å². The van der Waals surface area contributed by atoms with Gasteiger partial charge < -0.3 is 10.6 Å². The van der Waals surface area contributed by atoms with Gasteiger partial charge in [0.05, 0.1) is 5.56 Å². The maximum Gasteiger partial charge on any atom is 0.416 e. The third kappa shape index (κ3) is 4.20. The average Bonchev–Trinajstić information content (AvgIpc) is 2.47. The highest BCUT2D eigenvalue weighted by molar-refractivity contribution is 5.32. The summed E-state index contributed by atoms with van der Waals surface area (Å²) in [4.78, 5) is 2.18. The van der Waals surface area contributed by atoms with Gasteiger partial charge in [0.1, 0.15) is 0 Å². The monoisotopic (exact) mass is 300 g/mol. The summed E-state index contributed by atoms with van der Waals surface area (Å²) in [7, 11) is 0. The predicted molar refractivity (Wildman–Crippen MR) is 77.8 cm³/mol. The third-order valence-electron chi connectivity index (χ3n) is 4.41. The Balaban J connectivity index is 2.03. The van der Waals surface area contributed by atoms with E-state index in [4.69, 9.17) is 5.73 Å². The molecule has 1 aromatic rings. The van der Waals surface area contributed by atoms with E-state index in [9.17, 15) is 13.2 Å². The summed E-state index contributed by atoms with van der Waals surface area (Å²) in [6, 6.07) is 5.03. The number of nitrogens with two attached hydrogens (primary N) is 1. The van der Waals surface area contributed by atoms with Crippen LogP contribution in [0.15, 0.2) is 24.3 Å². The first-order valence-corrected chi connectivity index (χ1v) is 7.56. The van der Waals surface area contributed by atoms with Crippen LogP contribution >= 0.6 is 0 Å². The molecule has 2 nitrogen and oxygen atoms in total. The molecule has 1 unspecified atom stereocenters. The molecule has 1 aromatic carbocycles. The van der Waals surface area contributed by atoms with Crippen molar-refractivity contribution in [2.75, 3.05) is 19.6 Å². The van der Waals surface area contributed by atoms with Gasteiger partial charge in [0.25, 0.3) is 0 Å². The van der Waals surface area contributed by atoms with Crippen molar-refractivity contribution in [3.05, 3.63) is 35.4 Å². The molecule has 1 fully saturated rings. The zero-order valence-electron chi connectivity index (χ0n) is 12.4. The minimum atomic E-state index is -4.34. The fourth-order valence-electron chi connectivity index (χ4n) is 3.03. The Morgan fingerprint density at radius 1 is 1.24 bits per heavy atom. The number of alkyl halides is 3. The van der Waals surface area contributed by atoms with E-state index in [0.29, 0.717) is 6.54 Å². The summed E-state index contributed by atoms with van der Waals surface area (Å²) >= 11 is 0. The highest BCUT2D eigenvalue weighted by atomic mass is 19.4. The lowest BCUT2D eigenvalue weighted by molar-refractivity contribution is -0.138. The van der Waals surface area contributed by atoms with Gasteiger partial charge in [-0.25, -0.2) is 0 Å². The molecule has 1 heterocycles. The maximum absolute atomic E-state index is 13.0. The molecular formula is C16H23F3N2. The van der Waals surface area contributed by atoms with Crippen LogP contribution in [0.5, 0.6) is 0 Å². The molecule has 0 spiro atoms. The van der Waals surface area contributed by atoms with Gasteiger partial charge in [0, 0.05) is 12.6 Å². The first-order valence-electron chi connectivity index (χ1n) is 7.56. The molecule has 0 aliphatic carbocycles. The van der Waals surface area contributed by atoms with Gasteiger partial charge in [-0.3, -0.25) is 0 Å². The van der Waals surface area contributed by atoms with E-state index >= 15 is 0 Å². The Morgan fingerprint density at radius 3 is 2.43 bits per heavy atom. The molecule has 1 atom stereocenters. The summed E-state index contributed by atoms with van der Waals surface area (Å²) in [5, 5.41) is 0. The fourth-order valence-corrected chi connectivity index (χ4v) is 3.03. The third-order valence-corrected chi connectivity index (χ3v) is 4.41. The van der Waals surface area contributed by atoms with E-state index in [1.807, 2.05) is 0 Å². The van der Waals surface area contributed by atoms with Crippen molar-refractivity contribution in [1.82, 2.24) is 4.90 Å². The molecule has 2 rings (SSSR count). The lowest BCUT2D eigenvalue weighted by Gasteiger charge is -2.33. The van der Waals surface area contributed by atoms with Crippen LogP contribution in [0.3, 0.4) is 0 Å². The van der Waals surface area contributed by atoms with Gasteiger partial charge >= 0.3 is 6.18 Å². The Hall–Kier alpha value is -1.07. The van der Waals surface area contributed by atoms with Gasteiger partial charge in [-0.2, -0.15) is 13.2 Å². The SMILES string of the molecule is CCC1CCN(CC(N)c2ccccc2C(F)(F)F)CC1. The number of hydrogen-bond acceptors (Lipinski definition) is 2. The van der Waals surface area contributed by atoms with Crippen molar-refractivity contribution in [3.63, 3.8) is 0 Å². The van der Waals surface area contributed by atoms with Crippen molar-refractivity contribution >= 4 is 0 Å². The van der Waals surface area contributed by atoms with E-state index in [2.05, 4.69) is 11.8 Å². The minimum absolute atomic E-state index is 0.197. The van der Waals surface area contributed by atoms with E-state index in [0.717, 1.165) is 37.9 Å². The summed E-state index contributed by atoms with van der Waals surface area (Å²) in [6.07, 6.45) is -0.936. The van der Waals surface area contributed by atoms with Crippen molar-refractivity contribution in [1.29, 1.82) is 0 Å². The second-order valence-electron chi connectivity index (χ2n) is 5.84.